The minimum absolute atomic E-state index is 0.0240. The van der Waals surface area contributed by atoms with E-state index in [9.17, 15) is 9.18 Å². The predicted molar refractivity (Wildman–Crippen MR) is 83.7 cm³/mol. The molecule has 0 N–H and O–H groups in total. The summed E-state index contributed by atoms with van der Waals surface area (Å²) in [5.41, 5.74) is 2.37. The summed E-state index contributed by atoms with van der Waals surface area (Å²) in [6.07, 6.45) is 0. The Bertz CT molecular complexity index is 618. The Morgan fingerprint density at radius 2 is 2.14 bits per heavy atom. The molecule has 0 unspecified atom stereocenters. The maximum atomic E-state index is 13.5. The average Bonchev–Trinajstić information content (AvgIpc) is 2.87. The molecule has 1 amide bonds. The highest BCUT2D eigenvalue weighted by Gasteiger charge is 2.12. The molecule has 7 heteroatoms. The van der Waals surface area contributed by atoms with Gasteiger partial charge in [0.05, 0.1) is 28.9 Å². The van der Waals surface area contributed by atoms with Crippen LogP contribution in [0.15, 0.2) is 24.3 Å². The van der Waals surface area contributed by atoms with Crippen LogP contribution in [0.1, 0.15) is 17.0 Å². The van der Waals surface area contributed by atoms with Crippen LogP contribution >= 0.6 is 23.5 Å². The molecule has 0 aliphatic heterocycles. The van der Waals surface area contributed by atoms with E-state index in [2.05, 4.69) is 8.75 Å². The summed E-state index contributed by atoms with van der Waals surface area (Å²) in [5, 5.41) is 0. The van der Waals surface area contributed by atoms with E-state index in [0.29, 0.717) is 17.1 Å². The third kappa shape index (κ3) is 4.50. The molecule has 0 spiro atoms. The van der Waals surface area contributed by atoms with Gasteiger partial charge in [0, 0.05) is 24.9 Å². The van der Waals surface area contributed by atoms with E-state index in [1.807, 2.05) is 6.92 Å². The minimum atomic E-state index is -0.283. The van der Waals surface area contributed by atoms with Gasteiger partial charge >= 0.3 is 0 Å². The molecule has 4 nitrogen and oxygen atoms in total. The number of benzene rings is 1. The lowest BCUT2D eigenvalue weighted by Crippen LogP contribution is -2.28. The molecule has 0 fully saturated rings. The number of aromatic nitrogens is 2. The number of hydrogen-bond acceptors (Lipinski definition) is 5. The van der Waals surface area contributed by atoms with Crippen molar-refractivity contribution in [2.45, 2.75) is 19.2 Å². The van der Waals surface area contributed by atoms with Gasteiger partial charge in [-0.1, -0.05) is 18.2 Å². The fourth-order valence-corrected chi connectivity index (χ4v) is 3.31. The molecule has 1 aromatic heterocycles. The Hall–Kier alpha value is -1.47. The van der Waals surface area contributed by atoms with Gasteiger partial charge < -0.3 is 4.90 Å². The molecule has 0 aliphatic rings. The molecule has 21 heavy (non-hydrogen) atoms. The fraction of sp³-hybridized carbons (Fsp3) is 0.357. The highest BCUT2D eigenvalue weighted by molar-refractivity contribution is 7.99. The van der Waals surface area contributed by atoms with Crippen molar-refractivity contribution in [2.24, 2.45) is 0 Å². The number of hydrogen-bond donors (Lipinski definition) is 0. The molecule has 0 radical (unpaired) electrons. The van der Waals surface area contributed by atoms with Crippen molar-refractivity contribution < 1.29 is 9.18 Å². The molecule has 1 heterocycles. The van der Waals surface area contributed by atoms with Crippen LogP contribution in [0, 0.1) is 12.7 Å². The number of carbonyl (C=O) groups is 1. The van der Waals surface area contributed by atoms with Gasteiger partial charge in [-0.15, -0.1) is 11.8 Å². The van der Waals surface area contributed by atoms with Crippen molar-refractivity contribution in [3.63, 3.8) is 0 Å². The molecule has 0 saturated heterocycles. The monoisotopic (exact) mass is 325 g/mol. The lowest BCUT2D eigenvalue weighted by molar-refractivity contribution is -0.127. The first kappa shape index (κ1) is 15.9. The van der Waals surface area contributed by atoms with E-state index in [1.54, 1.807) is 25.2 Å². The molecular weight excluding hydrogens is 309 g/mol. The summed E-state index contributed by atoms with van der Waals surface area (Å²) in [4.78, 5) is 13.6. The molecule has 0 saturated carbocycles. The number of aryl methyl sites for hydroxylation is 1. The Labute approximate surface area is 131 Å². The number of thioether (sulfide) groups is 1. The molecule has 1 aromatic carbocycles. The van der Waals surface area contributed by atoms with Crippen LogP contribution in [0.3, 0.4) is 0 Å². The molecule has 2 aromatic rings. The molecule has 0 atom stereocenters. The standard InChI is InChI=1S/C14H16FN3OS2/c1-10-13(17-21-16-10)8-20-9-14(19)18(2)7-11-5-3-4-6-12(11)15/h3-6H,7-9H2,1-2H3. The molecule has 2 rings (SSSR count). The Morgan fingerprint density at radius 1 is 1.38 bits per heavy atom. The van der Waals surface area contributed by atoms with E-state index in [1.165, 1.54) is 34.5 Å². The van der Waals surface area contributed by atoms with Crippen LogP contribution in [-0.4, -0.2) is 32.4 Å². The summed E-state index contributed by atoms with van der Waals surface area (Å²) in [7, 11) is 1.69. The van der Waals surface area contributed by atoms with E-state index in [4.69, 9.17) is 0 Å². The van der Waals surface area contributed by atoms with Gasteiger partial charge in [0.15, 0.2) is 0 Å². The summed E-state index contributed by atoms with van der Waals surface area (Å²) >= 11 is 2.68. The number of nitrogens with zero attached hydrogens (tertiary/aromatic N) is 3. The fourth-order valence-electron chi connectivity index (χ4n) is 1.70. The Balaban J connectivity index is 1.80. The van der Waals surface area contributed by atoms with Gasteiger partial charge in [-0.3, -0.25) is 4.79 Å². The molecule has 112 valence electrons. The van der Waals surface area contributed by atoms with E-state index < -0.39 is 0 Å². The molecular formula is C14H16FN3OS2. The van der Waals surface area contributed by atoms with Gasteiger partial charge in [-0.05, 0) is 13.0 Å². The first-order chi connectivity index (χ1) is 10.1. The lowest BCUT2D eigenvalue weighted by Gasteiger charge is -2.17. The topological polar surface area (TPSA) is 46.1 Å². The zero-order valence-corrected chi connectivity index (χ0v) is 13.5. The summed E-state index contributed by atoms with van der Waals surface area (Å²) in [5.74, 6) is 0.710. The second kappa shape index (κ2) is 7.51. The number of amides is 1. The van der Waals surface area contributed by atoms with Gasteiger partial charge in [-0.25, -0.2) is 4.39 Å². The average molecular weight is 325 g/mol. The van der Waals surface area contributed by atoms with Crippen molar-refractivity contribution >= 4 is 29.4 Å². The van der Waals surface area contributed by atoms with Crippen LogP contribution in [-0.2, 0) is 17.1 Å². The smallest absolute Gasteiger partial charge is 0.232 e. The van der Waals surface area contributed by atoms with Crippen LogP contribution in [0.4, 0.5) is 4.39 Å². The van der Waals surface area contributed by atoms with Crippen LogP contribution in [0.25, 0.3) is 0 Å². The van der Waals surface area contributed by atoms with Gasteiger partial charge in [0.2, 0.25) is 5.91 Å². The minimum Gasteiger partial charge on any atom is -0.341 e. The van der Waals surface area contributed by atoms with E-state index in [0.717, 1.165) is 11.4 Å². The number of carbonyl (C=O) groups excluding carboxylic acids is 1. The Morgan fingerprint density at radius 3 is 2.81 bits per heavy atom. The van der Waals surface area contributed by atoms with Crippen molar-refractivity contribution in [1.29, 1.82) is 0 Å². The summed E-state index contributed by atoms with van der Waals surface area (Å²) < 4.78 is 21.8. The number of halogens is 1. The van der Waals surface area contributed by atoms with Gasteiger partial charge in [-0.2, -0.15) is 8.75 Å². The van der Waals surface area contributed by atoms with E-state index in [-0.39, 0.29) is 18.3 Å². The Kier molecular flexibility index (Phi) is 5.69. The van der Waals surface area contributed by atoms with Crippen LogP contribution < -0.4 is 0 Å². The SMILES string of the molecule is Cc1nsnc1CSCC(=O)N(C)Cc1ccccc1F. The maximum Gasteiger partial charge on any atom is 0.232 e. The van der Waals surface area contributed by atoms with Crippen LogP contribution in [0.5, 0.6) is 0 Å². The normalized spacial score (nSPS) is 10.6. The van der Waals surface area contributed by atoms with Crippen molar-refractivity contribution in [3.05, 3.63) is 47.0 Å². The van der Waals surface area contributed by atoms with Crippen molar-refractivity contribution in [3.8, 4) is 0 Å². The predicted octanol–water partition coefficient (Wildman–Crippen LogP) is 2.88. The molecule has 0 aliphatic carbocycles. The summed E-state index contributed by atoms with van der Waals surface area (Å²) in [6, 6.07) is 6.50. The third-order valence-corrected chi connectivity index (χ3v) is 4.59. The first-order valence-corrected chi connectivity index (χ1v) is 8.29. The van der Waals surface area contributed by atoms with Gasteiger partial charge in [0.25, 0.3) is 0 Å². The quantitative estimate of drug-likeness (QED) is 0.819. The highest BCUT2D eigenvalue weighted by atomic mass is 32.2. The zero-order chi connectivity index (χ0) is 15.2. The van der Waals surface area contributed by atoms with Crippen molar-refractivity contribution in [2.75, 3.05) is 12.8 Å². The first-order valence-electron chi connectivity index (χ1n) is 6.41. The third-order valence-electron chi connectivity index (χ3n) is 3.00. The highest BCUT2D eigenvalue weighted by Crippen LogP contribution is 2.15. The second-order valence-corrected chi connectivity index (χ2v) is 6.14. The number of rotatable bonds is 6. The zero-order valence-electron chi connectivity index (χ0n) is 11.9. The maximum absolute atomic E-state index is 13.5. The van der Waals surface area contributed by atoms with Gasteiger partial charge in [0.1, 0.15) is 5.82 Å². The summed E-state index contributed by atoms with van der Waals surface area (Å²) in [6.45, 7) is 2.19. The van der Waals surface area contributed by atoms with E-state index >= 15 is 0 Å². The second-order valence-electron chi connectivity index (χ2n) is 4.63. The van der Waals surface area contributed by atoms with Crippen molar-refractivity contribution in [1.82, 2.24) is 13.6 Å². The lowest BCUT2D eigenvalue weighted by atomic mass is 10.2. The van der Waals surface area contributed by atoms with Crippen LogP contribution in [0.2, 0.25) is 0 Å². The molecule has 0 bridgehead atoms. The largest absolute Gasteiger partial charge is 0.341 e.